The number of thiazole rings is 1. The third kappa shape index (κ3) is 5.02. The molecule has 3 aromatic rings. The molecule has 0 bridgehead atoms. The van der Waals surface area contributed by atoms with Crippen LogP contribution in [0.3, 0.4) is 0 Å². The largest absolute Gasteiger partial charge is 0.493 e. The highest BCUT2D eigenvalue weighted by Gasteiger charge is 2.15. The van der Waals surface area contributed by atoms with Crippen LogP contribution in [0.15, 0.2) is 58.8 Å². The van der Waals surface area contributed by atoms with Gasteiger partial charge >= 0.3 is 5.97 Å². The molecule has 0 aliphatic rings. The van der Waals surface area contributed by atoms with Gasteiger partial charge < -0.3 is 14.2 Å². The zero-order chi connectivity index (χ0) is 19.1. The van der Waals surface area contributed by atoms with Crippen LogP contribution in [0.1, 0.15) is 5.69 Å². The quantitative estimate of drug-likeness (QED) is 0.404. The van der Waals surface area contributed by atoms with E-state index in [0.29, 0.717) is 17.2 Å². The summed E-state index contributed by atoms with van der Waals surface area (Å²) in [6.45, 7) is 0.150. The van der Waals surface area contributed by atoms with Gasteiger partial charge in [-0.3, -0.25) is 4.79 Å². The Bertz CT molecular complexity index is 896. The molecule has 0 amide bonds. The number of hydrogen-bond acceptors (Lipinski definition) is 7. The number of methoxy groups -OCH3 is 2. The Kier molecular flexibility index (Phi) is 6.73. The lowest BCUT2D eigenvalue weighted by Crippen LogP contribution is -2.07. The SMILES string of the molecule is COc1cccc(-c2nc(COC(=O)CSc3ccccc3)cs2)c1OC. The lowest BCUT2D eigenvalue weighted by molar-refractivity contribution is -0.141. The smallest absolute Gasteiger partial charge is 0.316 e. The van der Waals surface area contributed by atoms with Gasteiger partial charge in [0.15, 0.2) is 11.5 Å². The molecule has 0 radical (unpaired) electrons. The summed E-state index contributed by atoms with van der Waals surface area (Å²) in [5.41, 5.74) is 1.55. The van der Waals surface area contributed by atoms with E-state index in [1.54, 1.807) is 14.2 Å². The molecule has 1 aromatic heterocycles. The van der Waals surface area contributed by atoms with Crippen LogP contribution in [0.4, 0.5) is 0 Å². The van der Waals surface area contributed by atoms with Crippen molar-refractivity contribution in [2.24, 2.45) is 0 Å². The molecular formula is C20H19NO4S2. The number of ether oxygens (including phenoxy) is 3. The maximum atomic E-state index is 11.9. The molecular weight excluding hydrogens is 382 g/mol. The second kappa shape index (κ2) is 9.43. The first kappa shape index (κ1) is 19.3. The fraction of sp³-hybridized carbons (Fsp3) is 0.200. The molecule has 3 rings (SSSR count). The number of para-hydroxylation sites is 1. The molecule has 7 heteroatoms. The number of benzene rings is 2. The summed E-state index contributed by atoms with van der Waals surface area (Å²) in [6.07, 6.45) is 0. The average molecular weight is 402 g/mol. The molecule has 0 N–H and O–H groups in total. The Hall–Kier alpha value is -2.51. The van der Waals surface area contributed by atoms with Crippen molar-refractivity contribution in [2.75, 3.05) is 20.0 Å². The van der Waals surface area contributed by atoms with Crippen molar-refractivity contribution in [1.29, 1.82) is 0 Å². The molecule has 0 unspecified atom stereocenters. The second-order valence-corrected chi connectivity index (χ2v) is 7.35. The van der Waals surface area contributed by atoms with Crippen LogP contribution in [0, 0.1) is 0 Å². The summed E-state index contributed by atoms with van der Waals surface area (Å²) in [6, 6.07) is 15.4. The molecule has 0 atom stereocenters. The Labute approximate surface area is 166 Å². The molecule has 1 heterocycles. The Balaban J connectivity index is 1.59. The van der Waals surface area contributed by atoms with Gasteiger partial charge in [0.05, 0.1) is 31.2 Å². The first-order chi connectivity index (χ1) is 13.2. The Morgan fingerprint density at radius 3 is 2.63 bits per heavy atom. The van der Waals surface area contributed by atoms with E-state index in [-0.39, 0.29) is 18.3 Å². The monoisotopic (exact) mass is 401 g/mol. The van der Waals surface area contributed by atoms with Gasteiger partial charge in [-0.1, -0.05) is 24.3 Å². The molecule has 27 heavy (non-hydrogen) atoms. The molecule has 5 nitrogen and oxygen atoms in total. The summed E-state index contributed by atoms with van der Waals surface area (Å²) in [4.78, 5) is 17.5. The second-order valence-electron chi connectivity index (χ2n) is 5.45. The normalized spacial score (nSPS) is 10.4. The van der Waals surface area contributed by atoms with Crippen LogP contribution in [0.5, 0.6) is 11.5 Å². The fourth-order valence-corrected chi connectivity index (χ4v) is 3.95. The molecule has 0 fully saturated rings. The van der Waals surface area contributed by atoms with Crippen LogP contribution in [0.25, 0.3) is 10.6 Å². The van der Waals surface area contributed by atoms with E-state index in [4.69, 9.17) is 14.2 Å². The number of hydrogen-bond donors (Lipinski definition) is 0. The number of carbonyl (C=O) groups excluding carboxylic acids is 1. The van der Waals surface area contributed by atoms with Gasteiger partial charge in [0, 0.05) is 10.3 Å². The molecule has 140 valence electrons. The number of esters is 1. The molecule has 0 spiro atoms. The molecule has 0 aliphatic carbocycles. The third-order valence-corrected chi connectivity index (χ3v) is 5.58. The summed E-state index contributed by atoms with van der Waals surface area (Å²) in [5, 5.41) is 2.67. The van der Waals surface area contributed by atoms with E-state index < -0.39 is 0 Å². The van der Waals surface area contributed by atoms with E-state index in [1.807, 2.05) is 53.9 Å². The lowest BCUT2D eigenvalue weighted by Gasteiger charge is -2.10. The van der Waals surface area contributed by atoms with E-state index in [0.717, 1.165) is 15.5 Å². The average Bonchev–Trinajstić information content (AvgIpc) is 3.19. The van der Waals surface area contributed by atoms with Gasteiger partial charge in [-0.2, -0.15) is 0 Å². The van der Waals surface area contributed by atoms with E-state index in [1.165, 1.54) is 23.1 Å². The van der Waals surface area contributed by atoms with E-state index >= 15 is 0 Å². The molecule has 0 aliphatic heterocycles. The minimum atomic E-state index is -0.266. The zero-order valence-corrected chi connectivity index (χ0v) is 16.6. The summed E-state index contributed by atoms with van der Waals surface area (Å²) >= 11 is 2.92. The Morgan fingerprint density at radius 2 is 1.89 bits per heavy atom. The minimum Gasteiger partial charge on any atom is -0.493 e. The van der Waals surface area contributed by atoms with E-state index in [2.05, 4.69) is 4.98 Å². The highest BCUT2D eigenvalue weighted by Crippen LogP contribution is 2.39. The van der Waals surface area contributed by atoms with Gasteiger partial charge in [0.1, 0.15) is 11.6 Å². The van der Waals surface area contributed by atoms with Crippen LogP contribution in [-0.2, 0) is 16.1 Å². The van der Waals surface area contributed by atoms with Crippen molar-refractivity contribution in [3.8, 4) is 22.1 Å². The molecule has 0 saturated carbocycles. The first-order valence-corrected chi connectivity index (χ1v) is 10.1. The maximum Gasteiger partial charge on any atom is 0.316 e. The van der Waals surface area contributed by atoms with Gasteiger partial charge in [0.2, 0.25) is 0 Å². The van der Waals surface area contributed by atoms with Crippen molar-refractivity contribution in [3.05, 3.63) is 59.6 Å². The number of rotatable bonds is 8. The predicted octanol–water partition coefficient (Wildman–Crippen LogP) is 4.66. The van der Waals surface area contributed by atoms with Crippen molar-refractivity contribution in [1.82, 2.24) is 4.98 Å². The summed E-state index contributed by atoms with van der Waals surface area (Å²) in [5.74, 6) is 1.29. The predicted molar refractivity (Wildman–Crippen MR) is 108 cm³/mol. The van der Waals surface area contributed by atoms with Gasteiger partial charge in [-0.25, -0.2) is 4.98 Å². The highest BCUT2D eigenvalue weighted by molar-refractivity contribution is 8.00. The zero-order valence-electron chi connectivity index (χ0n) is 15.0. The molecule has 2 aromatic carbocycles. The topological polar surface area (TPSA) is 57.7 Å². The third-order valence-electron chi connectivity index (χ3n) is 3.67. The number of carbonyl (C=O) groups is 1. The molecule has 0 saturated heterocycles. The number of aromatic nitrogens is 1. The van der Waals surface area contributed by atoms with Gasteiger partial charge in [0.25, 0.3) is 0 Å². The van der Waals surface area contributed by atoms with Crippen molar-refractivity contribution in [2.45, 2.75) is 11.5 Å². The van der Waals surface area contributed by atoms with Gasteiger partial charge in [-0.15, -0.1) is 23.1 Å². The summed E-state index contributed by atoms with van der Waals surface area (Å²) < 4.78 is 16.1. The minimum absolute atomic E-state index is 0.150. The fourth-order valence-electron chi connectivity index (χ4n) is 2.41. The van der Waals surface area contributed by atoms with Crippen LogP contribution in [-0.4, -0.2) is 30.9 Å². The standard InChI is InChI=1S/C20H19NO4S2/c1-23-17-10-6-9-16(19(17)24-2)20-21-14(12-27-20)11-25-18(22)13-26-15-7-4-3-5-8-15/h3-10,12H,11,13H2,1-2H3. The van der Waals surface area contributed by atoms with Crippen LogP contribution >= 0.6 is 23.1 Å². The van der Waals surface area contributed by atoms with Crippen molar-refractivity contribution in [3.63, 3.8) is 0 Å². The van der Waals surface area contributed by atoms with Crippen molar-refractivity contribution < 1.29 is 19.0 Å². The maximum absolute atomic E-state index is 11.9. The summed E-state index contributed by atoms with van der Waals surface area (Å²) in [7, 11) is 3.20. The first-order valence-electron chi connectivity index (χ1n) is 8.20. The number of nitrogens with zero attached hydrogens (tertiary/aromatic N) is 1. The van der Waals surface area contributed by atoms with Crippen LogP contribution in [0.2, 0.25) is 0 Å². The van der Waals surface area contributed by atoms with Crippen molar-refractivity contribution >= 4 is 29.1 Å². The van der Waals surface area contributed by atoms with Crippen LogP contribution < -0.4 is 9.47 Å². The van der Waals surface area contributed by atoms with Gasteiger partial charge in [-0.05, 0) is 24.3 Å². The highest BCUT2D eigenvalue weighted by atomic mass is 32.2. The Morgan fingerprint density at radius 1 is 1.07 bits per heavy atom. The van der Waals surface area contributed by atoms with E-state index in [9.17, 15) is 4.79 Å². The number of thioether (sulfide) groups is 1. The lowest BCUT2D eigenvalue weighted by atomic mass is 10.2.